The van der Waals surface area contributed by atoms with Gasteiger partial charge in [0.25, 0.3) is 0 Å². The number of nitrogens with zero attached hydrogens (tertiary/aromatic N) is 3. The molecule has 0 saturated carbocycles. The molecule has 1 heterocycles. The van der Waals surface area contributed by atoms with Gasteiger partial charge in [0.1, 0.15) is 18.2 Å². The van der Waals surface area contributed by atoms with Crippen molar-refractivity contribution in [2.45, 2.75) is 31.7 Å². The molecular weight excluding hydrogens is 365 g/mol. The summed E-state index contributed by atoms with van der Waals surface area (Å²) in [6.45, 7) is 4.96. The highest BCUT2D eigenvalue weighted by molar-refractivity contribution is 7.99. The molecule has 1 atom stereocenters. The van der Waals surface area contributed by atoms with Gasteiger partial charge in [-0.25, -0.2) is 4.39 Å². The lowest BCUT2D eigenvalue weighted by Crippen LogP contribution is -2.20. The second-order valence-corrected chi connectivity index (χ2v) is 7.08. The van der Waals surface area contributed by atoms with Crippen LogP contribution >= 0.6 is 11.8 Å². The Morgan fingerprint density at radius 1 is 1.15 bits per heavy atom. The lowest BCUT2D eigenvalue weighted by Gasteiger charge is -2.13. The van der Waals surface area contributed by atoms with Crippen molar-refractivity contribution in [2.24, 2.45) is 0 Å². The molecule has 7 heteroatoms. The van der Waals surface area contributed by atoms with Crippen LogP contribution in [-0.2, 0) is 6.54 Å². The minimum Gasteiger partial charge on any atom is -0.491 e. The molecule has 0 spiro atoms. The Kier molecular flexibility index (Phi) is 6.47. The van der Waals surface area contributed by atoms with Gasteiger partial charge in [-0.2, -0.15) is 0 Å². The van der Waals surface area contributed by atoms with Crippen molar-refractivity contribution in [1.82, 2.24) is 14.8 Å². The monoisotopic (exact) mass is 387 g/mol. The molecule has 0 radical (unpaired) electrons. The van der Waals surface area contributed by atoms with Crippen molar-refractivity contribution in [1.29, 1.82) is 0 Å². The first-order chi connectivity index (χ1) is 13.1. The first-order valence-corrected chi connectivity index (χ1v) is 9.75. The normalized spacial score (nSPS) is 12.1. The van der Waals surface area contributed by atoms with Crippen LogP contribution in [0.15, 0.2) is 53.7 Å². The predicted octanol–water partition coefficient (Wildman–Crippen LogP) is 3.94. The van der Waals surface area contributed by atoms with Crippen LogP contribution in [0.25, 0.3) is 11.4 Å². The van der Waals surface area contributed by atoms with Crippen LogP contribution in [0.1, 0.15) is 12.5 Å². The summed E-state index contributed by atoms with van der Waals surface area (Å²) >= 11 is 1.44. The molecule has 0 fully saturated rings. The van der Waals surface area contributed by atoms with Crippen molar-refractivity contribution in [3.63, 3.8) is 0 Å². The van der Waals surface area contributed by atoms with Crippen LogP contribution in [0.2, 0.25) is 0 Å². The zero-order valence-corrected chi connectivity index (χ0v) is 16.1. The zero-order chi connectivity index (χ0) is 19.2. The van der Waals surface area contributed by atoms with Gasteiger partial charge in [-0.3, -0.25) is 0 Å². The van der Waals surface area contributed by atoms with Gasteiger partial charge in [0, 0.05) is 17.9 Å². The van der Waals surface area contributed by atoms with E-state index in [4.69, 9.17) is 4.74 Å². The quantitative estimate of drug-likeness (QED) is 0.593. The van der Waals surface area contributed by atoms with E-state index < -0.39 is 6.10 Å². The topological polar surface area (TPSA) is 60.2 Å². The highest BCUT2D eigenvalue weighted by Gasteiger charge is 2.16. The molecule has 1 unspecified atom stereocenters. The van der Waals surface area contributed by atoms with Gasteiger partial charge in [0.05, 0.1) is 6.10 Å². The first-order valence-electron chi connectivity index (χ1n) is 8.77. The number of halogens is 1. The third-order valence-corrected chi connectivity index (χ3v) is 5.19. The van der Waals surface area contributed by atoms with Crippen LogP contribution in [0.3, 0.4) is 0 Å². The average molecular weight is 387 g/mol. The highest BCUT2D eigenvalue weighted by atomic mass is 32.2. The minimum absolute atomic E-state index is 0.129. The van der Waals surface area contributed by atoms with Gasteiger partial charge >= 0.3 is 0 Å². The second-order valence-electron chi connectivity index (χ2n) is 6.10. The van der Waals surface area contributed by atoms with Crippen molar-refractivity contribution in [3.05, 3.63) is 59.9 Å². The lowest BCUT2D eigenvalue weighted by molar-refractivity contribution is 0.126. The van der Waals surface area contributed by atoms with E-state index in [-0.39, 0.29) is 12.4 Å². The number of ether oxygens (including phenoxy) is 1. The molecule has 3 aromatic rings. The molecule has 0 bridgehead atoms. The summed E-state index contributed by atoms with van der Waals surface area (Å²) in [5, 5.41) is 19.6. The summed E-state index contributed by atoms with van der Waals surface area (Å²) in [6, 6.07) is 13.8. The van der Waals surface area contributed by atoms with Gasteiger partial charge in [-0.15, -0.1) is 10.2 Å². The molecule has 0 saturated heterocycles. The first kappa shape index (κ1) is 19.4. The smallest absolute Gasteiger partial charge is 0.191 e. The Labute approximate surface area is 162 Å². The predicted molar refractivity (Wildman–Crippen MR) is 104 cm³/mol. The number of hydrogen-bond acceptors (Lipinski definition) is 5. The molecule has 142 valence electrons. The molecule has 0 amide bonds. The molecule has 1 aromatic heterocycles. The van der Waals surface area contributed by atoms with Crippen LogP contribution < -0.4 is 4.74 Å². The summed E-state index contributed by atoms with van der Waals surface area (Å²) in [4.78, 5) is 0. The van der Waals surface area contributed by atoms with E-state index in [2.05, 4.69) is 10.2 Å². The van der Waals surface area contributed by atoms with E-state index in [0.717, 1.165) is 28.7 Å². The van der Waals surface area contributed by atoms with Gasteiger partial charge in [-0.1, -0.05) is 36.0 Å². The van der Waals surface area contributed by atoms with Crippen molar-refractivity contribution in [2.75, 3.05) is 12.4 Å². The Balaban J connectivity index is 1.61. The van der Waals surface area contributed by atoms with Crippen LogP contribution in [0.4, 0.5) is 4.39 Å². The maximum atomic E-state index is 12.9. The van der Waals surface area contributed by atoms with E-state index in [1.54, 1.807) is 0 Å². The van der Waals surface area contributed by atoms with Crippen LogP contribution in [0, 0.1) is 12.7 Å². The fraction of sp³-hybridized carbons (Fsp3) is 0.300. The standard InChI is InChI=1S/C20H22FN3O2S/c1-3-24-19(18-7-5-4-6-14(18)2)22-23-20(24)27-13-16(25)12-26-17-10-8-15(21)9-11-17/h4-11,16,25H,3,12-13H2,1-2H3. The Hall–Kier alpha value is -2.38. The molecule has 2 aromatic carbocycles. The fourth-order valence-electron chi connectivity index (χ4n) is 2.65. The van der Waals surface area contributed by atoms with Crippen molar-refractivity contribution < 1.29 is 14.2 Å². The molecule has 0 aliphatic heterocycles. The molecule has 3 rings (SSSR count). The summed E-state index contributed by atoms with van der Waals surface area (Å²) in [7, 11) is 0. The van der Waals surface area contributed by atoms with Gasteiger partial charge in [0.2, 0.25) is 0 Å². The SMILES string of the molecule is CCn1c(SCC(O)COc2ccc(F)cc2)nnc1-c1ccccc1C. The molecule has 0 aliphatic rings. The number of hydrogen-bond donors (Lipinski definition) is 1. The summed E-state index contributed by atoms with van der Waals surface area (Å²) in [5.74, 6) is 1.46. The molecular formula is C20H22FN3O2S. The summed E-state index contributed by atoms with van der Waals surface area (Å²) in [5.41, 5.74) is 2.20. The fourth-order valence-corrected chi connectivity index (χ4v) is 3.55. The number of thioether (sulfide) groups is 1. The van der Waals surface area contributed by atoms with E-state index in [9.17, 15) is 9.50 Å². The number of aryl methyl sites for hydroxylation is 1. The molecule has 27 heavy (non-hydrogen) atoms. The molecule has 0 aliphatic carbocycles. The van der Waals surface area contributed by atoms with Gasteiger partial charge < -0.3 is 14.4 Å². The van der Waals surface area contributed by atoms with E-state index in [1.807, 2.05) is 42.7 Å². The number of aromatic nitrogens is 3. The number of aliphatic hydroxyl groups excluding tert-OH is 1. The minimum atomic E-state index is -0.677. The van der Waals surface area contributed by atoms with Gasteiger partial charge in [-0.05, 0) is 43.7 Å². The van der Waals surface area contributed by atoms with E-state index in [1.165, 1.54) is 36.0 Å². The largest absolute Gasteiger partial charge is 0.491 e. The van der Waals surface area contributed by atoms with Crippen molar-refractivity contribution >= 4 is 11.8 Å². The molecule has 1 N–H and O–H groups in total. The third-order valence-electron chi connectivity index (χ3n) is 4.08. The van der Waals surface area contributed by atoms with Crippen LogP contribution in [-0.4, -0.2) is 38.3 Å². The second kappa shape index (κ2) is 9.01. The average Bonchev–Trinajstić information content (AvgIpc) is 3.09. The van der Waals surface area contributed by atoms with Gasteiger partial charge in [0.15, 0.2) is 11.0 Å². The third kappa shape index (κ3) is 4.87. The van der Waals surface area contributed by atoms with E-state index >= 15 is 0 Å². The highest BCUT2D eigenvalue weighted by Crippen LogP contribution is 2.26. The molecule has 5 nitrogen and oxygen atoms in total. The maximum absolute atomic E-state index is 12.9. The maximum Gasteiger partial charge on any atom is 0.191 e. The number of aliphatic hydroxyl groups is 1. The number of benzene rings is 2. The zero-order valence-electron chi connectivity index (χ0n) is 15.3. The Morgan fingerprint density at radius 2 is 1.89 bits per heavy atom. The lowest BCUT2D eigenvalue weighted by atomic mass is 10.1. The van der Waals surface area contributed by atoms with Crippen LogP contribution in [0.5, 0.6) is 5.75 Å². The van der Waals surface area contributed by atoms with Crippen molar-refractivity contribution in [3.8, 4) is 17.1 Å². The summed E-state index contributed by atoms with van der Waals surface area (Å²) in [6.07, 6.45) is -0.677. The summed E-state index contributed by atoms with van der Waals surface area (Å²) < 4.78 is 20.4. The Morgan fingerprint density at radius 3 is 2.59 bits per heavy atom. The van der Waals surface area contributed by atoms with E-state index in [0.29, 0.717) is 11.5 Å². The Bertz CT molecular complexity index is 883. The number of rotatable bonds is 8.